The standard InChI is InChI=1S/C10H15N2O4PS/c1-2-15-17(18)11-8(7-16-17)5-12-4-3-9(13)10(14)6-12/h3-4,6,8,14H,2,5,7H2,1H3,(H,11,18). The molecule has 0 amide bonds. The van der Waals surface area contributed by atoms with E-state index >= 15 is 0 Å². The molecule has 2 unspecified atom stereocenters. The predicted octanol–water partition coefficient (Wildman–Crippen LogP) is 0.803. The fraction of sp³-hybridized carbons (Fsp3) is 0.500. The lowest BCUT2D eigenvalue weighted by Crippen LogP contribution is -2.29. The van der Waals surface area contributed by atoms with E-state index in [9.17, 15) is 9.90 Å². The summed E-state index contributed by atoms with van der Waals surface area (Å²) in [5.41, 5.74) is -0.388. The number of hydrogen-bond donors (Lipinski definition) is 2. The van der Waals surface area contributed by atoms with Crippen LogP contribution in [-0.4, -0.2) is 28.9 Å². The zero-order chi connectivity index (χ0) is 13.2. The van der Waals surface area contributed by atoms with Crippen LogP contribution >= 0.6 is 7.07 Å². The lowest BCUT2D eigenvalue weighted by Gasteiger charge is -2.22. The van der Waals surface area contributed by atoms with Crippen molar-refractivity contribution in [2.75, 3.05) is 13.2 Å². The van der Waals surface area contributed by atoms with Crippen LogP contribution in [-0.2, 0) is 27.8 Å². The average Bonchev–Trinajstić information content (AvgIpc) is 2.66. The number of nitrogens with one attached hydrogen (secondary N) is 1. The largest absolute Gasteiger partial charge is 0.503 e. The Balaban J connectivity index is 1.99. The maximum Gasteiger partial charge on any atom is 0.229 e. The third-order valence-corrected chi connectivity index (χ3v) is 5.19. The molecule has 8 heteroatoms. The average molecular weight is 290 g/mol. The van der Waals surface area contributed by atoms with E-state index < -0.39 is 7.07 Å². The first-order chi connectivity index (χ1) is 8.52. The highest BCUT2D eigenvalue weighted by Gasteiger charge is 2.38. The van der Waals surface area contributed by atoms with Crippen LogP contribution in [0.3, 0.4) is 0 Å². The first-order valence-electron chi connectivity index (χ1n) is 5.58. The van der Waals surface area contributed by atoms with Gasteiger partial charge < -0.3 is 21.9 Å². The summed E-state index contributed by atoms with van der Waals surface area (Å²) in [6.45, 7) is 3.39. The summed E-state index contributed by atoms with van der Waals surface area (Å²) in [5.74, 6) is -0.263. The Kier molecular flexibility index (Phi) is 4.29. The fourth-order valence-electron chi connectivity index (χ4n) is 1.70. The van der Waals surface area contributed by atoms with Gasteiger partial charge in [0.25, 0.3) is 0 Å². The molecule has 0 aliphatic carbocycles. The van der Waals surface area contributed by atoms with E-state index in [0.29, 0.717) is 19.8 Å². The van der Waals surface area contributed by atoms with Gasteiger partial charge in [0.15, 0.2) is 5.75 Å². The zero-order valence-corrected chi connectivity index (χ0v) is 11.6. The Hall–Kier alpha value is -0.590. The summed E-state index contributed by atoms with van der Waals surface area (Å²) < 4.78 is 12.6. The molecular formula is C10H15N2O4PS. The molecule has 0 aromatic carbocycles. The Morgan fingerprint density at radius 1 is 1.78 bits per heavy atom. The molecule has 1 saturated heterocycles. The first kappa shape index (κ1) is 13.8. The zero-order valence-electron chi connectivity index (χ0n) is 9.91. The van der Waals surface area contributed by atoms with Crippen molar-refractivity contribution in [2.45, 2.75) is 19.5 Å². The van der Waals surface area contributed by atoms with Crippen molar-refractivity contribution in [1.82, 2.24) is 9.65 Å². The van der Waals surface area contributed by atoms with Crippen molar-refractivity contribution in [3.63, 3.8) is 0 Å². The number of aromatic hydroxyl groups is 1. The lowest BCUT2D eigenvalue weighted by atomic mass is 10.3. The van der Waals surface area contributed by atoms with E-state index in [4.69, 9.17) is 21.3 Å². The van der Waals surface area contributed by atoms with Crippen LogP contribution in [0.5, 0.6) is 5.75 Å². The lowest BCUT2D eigenvalue weighted by molar-refractivity contribution is 0.272. The molecule has 0 saturated carbocycles. The topological polar surface area (TPSA) is 72.7 Å². The number of rotatable bonds is 4. The van der Waals surface area contributed by atoms with Crippen molar-refractivity contribution in [2.24, 2.45) is 0 Å². The monoisotopic (exact) mass is 290 g/mol. The van der Waals surface area contributed by atoms with Crippen molar-refractivity contribution in [3.8, 4) is 5.75 Å². The number of hydrogen-bond acceptors (Lipinski definition) is 6. The summed E-state index contributed by atoms with van der Waals surface area (Å²) >= 11 is 5.25. The summed E-state index contributed by atoms with van der Waals surface area (Å²) in [6.07, 6.45) is 3.01. The molecule has 2 rings (SSSR count). The molecule has 18 heavy (non-hydrogen) atoms. The normalized spacial score (nSPS) is 27.6. The second kappa shape index (κ2) is 5.59. The van der Waals surface area contributed by atoms with Gasteiger partial charge in [-0.15, -0.1) is 0 Å². The van der Waals surface area contributed by atoms with Gasteiger partial charge in [0.2, 0.25) is 12.5 Å². The van der Waals surface area contributed by atoms with Gasteiger partial charge in [-0.2, -0.15) is 5.09 Å². The molecule has 1 aliphatic heterocycles. The molecule has 1 aromatic rings. The highest BCUT2D eigenvalue weighted by Crippen LogP contribution is 2.58. The van der Waals surface area contributed by atoms with Crippen LogP contribution in [0, 0.1) is 0 Å². The van der Waals surface area contributed by atoms with Gasteiger partial charge in [0.05, 0.1) is 12.6 Å². The molecule has 0 bridgehead atoms. The van der Waals surface area contributed by atoms with E-state index in [-0.39, 0.29) is 17.2 Å². The number of pyridine rings is 1. The highest BCUT2D eigenvalue weighted by molar-refractivity contribution is 8.37. The van der Waals surface area contributed by atoms with Gasteiger partial charge in [-0.1, -0.05) is 0 Å². The van der Waals surface area contributed by atoms with Crippen molar-refractivity contribution < 1.29 is 14.2 Å². The van der Waals surface area contributed by atoms with Gasteiger partial charge in [-0.25, -0.2) is 9.05 Å². The molecule has 2 atom stereocenters. The van der Waals surface area contributed by atoms with E-state index in [2.05, 4.69) is 5.09 Å². The Morgan fingerprint density at radius 2 is 2.56 bits per heavy atom. The molecule has 2 heterocycles. The van der Waals surface area contributed by atoms with Crippen LogP contribution in [0.15, 0.2) is 23.3 Å². The van der Waals surface area contributed by atoms with Crippen molar-refractivity contribution in [1.29, 1.82) is 0 Å². The Morgan fingerprint density at radius 3 is 3.22 bits per heavy atom. The second-order valence-electron chi connectivity index (χ2n) is 3.93. The van der Waals surface area contributed by atoms with Crippen molar-refractivity contribution in [3.05, 3.63) is 28.7 Å². The van der Waals surface area contributed by atoms with Crippen molar-refractivity contribution >= 4 is 19.3 Å². The molecule has 2 N–H and O–H groups in total. The van der Waals surface area contributed by atoms with E-state index in [1.165, 1.54) is 12.3 Å². The maximum atomic E-state index is 11.1. The predicted molar refractivity (Wildman–Crippen MR) is 71.2 cm³/mol. The molecule has 0 radical (unpaired) electrons. The third kappa shape index (κ3) is 3.24. The molecule has 6 nitrogen and oxygen atoms in total. The Bertz CT molecular complexity index is 483. The van der Waals surface area contributed by atoms with E-state index in [1.807, 2.05) is 6.92 Å². The SMILES string of the molecule is CCO[P+]1([S-])NC(Cn2ccc(=O)c(O)c2)CO1. The molecule has 1 aromatic heterocycles. The van der Waals surface area contributed by atoms with Gasteiger partial charge in [0.1, 0.15) is 6.61 Å². The molecule has 1 aliphatic rings. The third-order valence-electron chi connectivity index (χ3n) is 2.47. The summed E-state index contributed by atoms with van der Waals surface area (Å²) in [4.78, 5) is 11.1. The number of nitrogens with zero attached hydrogens (tertiary/aromatic N) is 1. The smallest absolute Gasteiger partial charge is 0.229 e. The Labute approximate surface area is 111 Å². The number of aromatic nitrogens is 1. The van der Waals surface area contributed by atoms with Crippen LogP contribution in [0.4, 0.5) is 0 Å². The van der Waals surface area contributed by atoms with E-state index in [1.54, 1.807) is 10.8 Å². The van der Waals surface area contributed by atoms with Crippen LogP contribution < -0.4 is 10.5 Å². The highest BCUT2D eigenvalue weighted by atomic mass is 32.7. The quantitative estimate of drug-likeness (QED) is 0.631. The fourth-order valence-corrected chi connectivity index (χ4v) is 4.19. The van der Waals surface area contributed by atoms with Gasteiger partial charge in [0, 0.05) is 25.0 Å². The first-order valence-corrected chi connectivity index (χ1v) is 8.22. The van der Waals surface area contributed by atoms with Crippen LogP contribution in [0.1, 0.15) is 6.92 Å². The summed E-state index contributed by atoms with van der Waals surface area (Å²) in [5, 5.41) is 12.5. The van der Waals surface area contributed by atoms with Crippen LogP contribution in [0.25, 0.3) is 0 Å². The molecule has 0 spiro atoms. The summed E-state index contributed by atoms with van der Waals surface area (Å²) in [7, 11) is -2.34. The van der Waals surface area contributed by atoms with E-state index in [0.717, 1.165) is 0 Å². The maximum absolute atomic E-state index is 11.1. The minimum absolute atomic E-state index is 0.0179. The molecule has 100 valence electrons. The van der Waals surface area contributed by atoms with Gasteiger partial charge >= 0.3 is 0 Å². The molecular weight excluding hydrogens is 275 g/mol. The van der Waals surface area contributed by atoms with Crippen LogP contribution in [0.2, 0.25) is 0 Å². The second-order valence-corrected chi connectivity index (χ2v) is 7.14. The minimum atomic E-state index is -2.34. The summed E-state index contributed by atoms with van der Waals surface area (Å²) in [6, 6.07) is 1.34. The minimum Gasteiger partial charge on any atom is -0.503 e. The van der Waals surface area contributed by atoms with Gasteiger partial charge in [-0.05, 0) is 6.92 Å². The molecule has 1 fully saturated rings. The van der Waals surface area contributed by atoms with Gasteiger partial charge in [-0.3, -0.25) is 4.79 Å².